The molecule has 0 radical (unpaired) electrons. The predicted molar refractivity (Wildman–Crippen MR) is 108 cm³/mol. The number of amides is 1. The number of carbonyl (C=O) groups excluding carboxylic acids is 1. The molecule has 5 heteroatoms. The van der Waals surface area contributed by atoms with Gasteiger partial charge in [0.25, 0.3) is 5.91 Å². The van der Waals surface area contributed by atoms with Crippen molar-refractivity contribution in [1.82, 2.24) is 14.8 Å². The number of likely N-dealkylation sites (tertiary alicyclic amines) is 1. The Bertz CT molecular complexity index is 815. The van der Waals surface area contributed by atoms with Gasteiger partial charge in [0, 0.05) is 51.0 Å². The molecule has 3 heterocycles. The fourth-order valence-electron chi connectivity index (χ4n) is 4.19. The molecule has 4 rings (SSSR count). The third kappa shape index (κ3) is 3.83. The van der Waals surface area contributed by atoms with Crippen LogP contribution in [0.3, 0.4) is 0 Å². The quantitative estimate of drug-likeness (QED) is 0.836. The van der Waals surface area contributed by atoms with Crippen LogP contribution in [0.1, 0.15) is 34.3 Å². The van der Waals surface area contributed by atoms with Crippen LogP contribution < -0.4 is 4.90 Å². The van der Waals surface area contributed by atoms with Gasteiger partial charge in [-0.3, -0.25) is 9.69 Å². The van der Waals surface area contributed by atoms with Crippen molar-refractivity contribution in [3.8, 4) is 0 Å². The van der Waals surface area contributed by atoms with Gasteiger partial charge in [0.05, 0.1) is 0 Å². The van der Waals surface area contributed by atoms with Gasteiger partial charge in [-0.05, 0) is 49.6 Å². The maximum absolute atomic E-state index is 12.7. The molecule has 2 aliphatic rings. The summed E-state index contributed by atoms with van der Waals surface area (Å²) >= 11 is 0. The summed E-state index contributed by atoms with van der Waals surface area (Å²) in [7, 11) is 4.26. The number of nitrogens with zero attached hydrogens (tertiary/aromatic N) is 4. The second-order valence-corrected chi connectivity index (χ2v) is 7.82. The fraction of sp³-hybridized carbons (Fsp3) is 0.455. The van der Waals surface area contributed by atoms with Gasteiger partial charge in [-0.15, -0.1) is 0 Å². The Labute approximate surface area is 161 Å². The van der Waals surface area contributed by atoms with Crippen LogP contribution in [0.5, 0.6) is 0 Å². The highest BCUT2D eigenvalue weighted by molar-refractivity contribution is 5.95. The third-order valence-corrected chi connectivity index (χ3v) is 5.88. The average molecular weight is 364 g/mol. The third-order valence-electron chi connectivity index (χ3n) is 5.88. The smallest absolute Gasteiger partial charge is 0.254 e. The molecule has 1 saturated heterocycles. The molecule has 1 aromatic heterocycles. The Morgan fingerprint density at radius 1 is 1.19 bits per heavy atom. The van der Waals surface area contributed by atoms with Crippen molar-refractivity contribution < 1.29 is 4.79 Å². The molecule has 1 fully saturated rings. The normalized spacial score (nSPS) is 19.8. The van der Waals surface area contributed by atoms with E-state index in [-0.39, 0.29) is 5.91 Å². The standard InChI is InChI=1S/C22H28N4O/c1-24-15-19-8-4-3-7-17(19)13-20(24)16-25(2)21-14-18(9-10-23-21)22(27)26-11-5-6-12-26/h3-4,7-10,14,20H,5-6,11-13,15-16H2,1-2H3/t20-/m1/s1. The van der Waals surface area contributed by atoms with Crippen molar-refractivity contribution in [2.75, 3.05) is 38.6 Å². The minimum absolute atomic E-state index is 0.133. The monoisotopic (exact) mass is 364 g/mol. The summed E-state index contributed by atoms with van der Waals surface area (Å²) in [6.07, 6.45) is 5.02. The molecular weight excluding hydrogens is 336 g/mol. The molecular formula is C22H28N4O. The molecule has 1 atom stereocenters. The van der Waals surface area contributed by atoms with Crippen molar-refractivity contribution in [2.45, 2.75) is 31.8 Å². The largest absolute Gasteiger partial charge is 0.358 e. The molecule has 5 nitrogen and oxygen atoms in total. The predicted octanol–water partition coefficient (Wildman–Crippen LogP) is 2.81. The number of hydrogen-bond donors (Lipinski definition) is 0. The van der Waals surface area contributed by atoms with Crippen molar-refractivity contribution in [3.63, 3.8) is 0 Å². The summed E-state index contributed by atoms with van der Waals surface area (Å²) in [6, 6.07) is 12.9. The summed E-state index contributed by atoms with van der Waals surface area (Å²) in [6.45, 7) is 3.62. The number of likely N-dealkylation sites (N-methyl/N-ethyl adjacent to an activating group) is 2. The second kappa shape index (κ2) is 7.69. The Balaban J connectivity index is 1.46. The molecule has 27 heavy (non-hydrogen) atoms. The highest BCUT2D eigenvalue weighted by atomic mass is 16.2. The number of hydrogen-bond acceptors (Lipinski definition) is 4. The Morgan fingerprint density at radius 3 is 2.70 bits per heavy atom. The Kier molecular flexibility index (Phi) is 5.12. The lowest BCUT2D eigenvalue weighted by molar-refractivity contribution is 0.0792. The van der Waals surface area contributed by atoms with E-state index in [2.05, 4.69) is 53.1 Å². The van der Waals surface area contributed by atoms with Crippen molar-refractivity contribution in [3.05, 3.63) is 59.3 Å². The zero-order valence-corrected chi connectivity index (χ0v) is 16.3. The van der Waals surface area contributed by atoms with E-state index in [4.69, 9.17) is 0 Å². The first kappa shape index (κ1) is 18.0. The molecule has 2 aliphatic heterocycles. The summed E-state index contributed by atoms with van der Waals surface area (Å²) in [5.41, 5.74) is 3.62. The summed E-state index contributed by atoms with van der Waals surface area (Å²) < 4.78 is 0. The lowest BCUT2D eigenvalue weighted by Gasteiger charge is -2.36. The van der Waals surface area contributed by atoms with Crippen molar-refractivity contribution in [2.24, 2.45) is 0 Å². The molecule has 2 aromatic rings. The van der Waals surface area contributed by atoms with Gasteiger partial charge in [-0.25, -0.2) is 4.98 Å². The minimum atomic E-state index is 0.133. The van der Waals surface area contributed by atoms with E-state index >= 15 is 0 Å². The topological polar surface area (TPSA) is 39.7 Å². The fourth-order valence-corrected chi connectivity index (χ4v) is 4.19. The maximum atomic E-state index is 12.7. The Morgan fingerprint density at radius 2 is 1.93 bits per heavy atom. The lowest BCUT2D eigenvalue weighted by atomic mass is 9.94. The molecule has 1 amide bonds. The van der Waals surface area contributed by atoms with E-state index in [1.807, 2.05) is 17.0 Å². The van der Waals surface area contributed by atoms with Crippen LogP contribution in [-0.2, 0) is 13.0 Å². The van der Waals surface area contributed by atoms with Gasteiger partial charge < -0.3 is 9.80 Å². The first-order chi connectivity index (χ1) is 13.1. The summed E-state index contributed by atoms with van der Waals surface area (Å²) in [5.74, 6) is 1.00. The Hall–Kier alpha value is -2.40. The average Bonchev–Trinajstić information content (AvgIpc) is 3.23. The highest BCUT2D eigenvalue weighted by Gasteiger charge is 2.25. The van der Waals surface area contributed by atoms with Crippen LogP contribution >= 0.6 is 0 Å². The van der Waals surface area contributed by atoms with Gasteiger partial charge in [0.2, 0.25) is 0 Å². The minimum Gasteiger partial charge on any atom is -0.358 e. The van der Waals surface area contributed by atoms with Crippen molar-refractivity contribution >= 4 is 11.7 Å². The van der Waals surface area contributed by atoms with E-state index in [1.165, 1.54) is 11.1 Å². The number of fused-ring (bicyclic) bond motifs is 1. The first-order valence-corrected chi connectivity index (χ1v) is 9.85. The number of pyridine rings is 1. The van der Waals surface area contributed by atoms with Crippen LogP contribution in [0.15, 0.2) is 42.6 Å². The zero-order chi connectivity index (χ0) is 18.8. The van der Waals surface area contributed by atoms with Gasteiger partial charge in [0.15, 0.2) is 0 Å². The van der Waals surface area contributed by atoms with E-state index in [9.17, 15) is 4.79 Å². The van der Waals surface area contributed by atoms with Gasteiger partial charge in [-0.2, -0.15) is 0 Å². The molecule has 0 unspecified atom stereocenters. The van der Waals surface area contributed by atoms with E-state index in [0.29, 0.717) is 6.04 Å². The molecule has 0 bridgehead atoms. The van der Waals surface area contributed by atoms with Gasteiger partial charge in [0.1, 0.15) is 5.82 Å². The van der Waals surface area contributed by atoms with Crippen LogP contribution in [0.25, 0.3) is 0 Å². The zero-order valence-electron chi connectivity index (χ0n) is 16.3. The SMILES string of the molecule is CN(C[C@H]1Cc2ccccc2CN1C)c1cc(C(=O)N2CCCC2)ccn1. The van der Waals surface area contributed by atoms with Gasteiger partial charge >= 0.3 is 0 Å². The second-order valence-electron chi connectivity index (χ2n) is 7.82. The lowest BCUT2D eigenvalue weighted by Crippen LogP contribution is -2.45. The molecule has 0 saturated carbocycles. The molecule has 0 spiro atoms. The number of anilines is 1. The summed E-state index contributed by atoms with van der Waals surface area (Å²) in [5, 5.41) is 0. The molecule has 0 aliphatic carbocycles. The van der Waals surface area contributed by atoms with Crippen LogP contribution in [0.4, 0.5) is 5.82 Å². The number of aromatic nitrogens is 1. The van der Waals surface area contributed by atoms with E-state index in [0.717, 1.165) is 56.8 Å². The van der Waals surface area contributed by atoms with E-state index < -0.39 is 0 Å². The highest BCUT2D eigenvalue weighted by Crippen LogP contribution is 2.24. The maximum Gasteiger partial charge on any atom is 0.254 e. The van der Waals surface area contributed by atoms with Crippen LogP contribution in [0, 0.1) is 0 Å². The molecule has 0 N–H and O–H groups in total. The molecule has 142 valence electrons. The number of carbonyl (C=O) groups is 1. The summed E-state index contributed by atoms with van der Waals surface area (Å²) in [4.78, 5) is 23.7. The van der Waals surface area contributed by atoms with E-state index in [1.54, 1.807) is 6.20 Å². The van der Waals surface area contributed by atoms with Gasteiger partial charge in [-0.1, -0.05) is 24.3 Å². The molecule has 1 aromatic carbocycles. The van der Waals surface area contributed by atoms with Crippen LogP contribution in [-0.4, -0.2) is 60.5 Å². The number of benzene rings is 1. The number of rotatable bonds is 4. The van der Waals surface area contributed by atoms with Crippen molar-refractivity contribution in [1.29, 1.82) is 0 Å². The first-order valence-electron chi connectivity index (χ1n) is 9.85. The van der Waals surface area contributed by atoms with Crippen LogP contribution in [0.2, 0.25) is 0 Å².